The van der Waals surface area contributed by atoms with Gasteiger partial charge in [0.15, 0.2) is 0 Å². The summed E-state index contributed by atoms with van der Waals surface area (Å²) in [7, 11) is 0. The SMILES string of the molecule is Cc1cc(C(=O)NC2CCC(O)C2)ccc1-c1ccc(C[C@H](NC(=O)C2CCC(CN)CC2)C(=O)Nc2ccc(-c3nn[nH]n3)c(F)c2)cc1. The van der Waals surface area contributed by atoms with Crippen LogP contribution >= 0.6 is 0 Å². The van der Waals surface area contributed by atoms with Crippen molar-refractivity contribution in [3.8, 4) is 22.5 Å². The molecule has 3 atom stereocenters. The molecular weight excluding hydrogens is 639 g/mol. The van der Waals surface area contributed by atoms with Crippen LogP contribution in [0.5, 0.6) is 0 Å². The first-order chi connectivity index (χ1) is 24.2. The normalized spacial score (nSPS) is 21.0. The number of aryl methyl sites for hydroxylation is 1. The zero-order chi connectivity index (χ0) is 35.2. The minimum absolute atomic E-state index is 0.0172. The van der Waals surface area contributed by atoms with Crippen LogP contribution in [0.15, 0.2) is 60.7 Å². The number of tetrazole rings is 1. The summed E-state index contributed by atoms with van der Waals surface area (Å²) in [6, 6.07) is 16.6. The van der Waals surface area contributed by atoms with Crippen molar-refractivity contribution in [2.75, 3.05) is 11.9 Å². The van der Waals surface area contributed by atoms with Gasteiger partial charge in [-0.15, -0.1) is 10.2 Å². The number of rotatable bonds is 11. The summed E-state index contributed by atoms with van der Waals surface area (Å²) < 4.78 is 14.9. The zero-order valence-corrected chi connectivity index (χ0v) is 28.0. The molecule has 2 unspecified atom stereocenters. The lowest BCUT2D eigenvalue weighted by molar-refractivity contribution is -0.130. The largest absolute Gasteiger partial charge is 0.393 e. The van der Waals surface area contributed by atoms with Crippen molar-refractivity contribution in [1.29, 1.82) is 0 Å². The molecule has 7 N–H and O–H groups in total. The van der Waals surface area contributed by atoms with E-state index in [1.54, 1.807) is 12.1 Å². The number of aromatic amines is 1. The number of hydrogen-bond acceptors (Lipinski definition) is 8. The number of nitrogens with two attached hydrogens (primary N) is 1. The molecule has 0 radical (unpaired) electrons. The summed E-state index contributed by atoms with van der Waals surface area (Å²) in [5, 5.41) is 31.9. The second-order valence-electron chi connectivity index (χ2n) is 13.5. The van der Waals surface area contributed by atoms with Gasteiger partial charge in [-0.1, -0.05) is 30.3 Å². The van der Waals surface area contributed by atoms with Gasteiger partial charge in [-0.05, 0) is 122 Å². The zero-order valence-electron chi connectivity index (χ0n) is 28.0. The van der Waals surface area contributed by atoms with Gasteiger partial charge in [0.1, 0.15) is 11.9 Å². The maximum Gasteiger partial charge on any atom is 0.251 e. The van der Waals surface area contributed by atoms with Crippen molar-refractivity contribution >= 4 is 23.4 Å². The lowest BCUT2D eigenvalue weighted by Crippen LogP contribution is -2.48. The average molecular weight is 683 g/mol. The number of aromatic nitrogens is 4. The van der Waals surface area contributed by atoms with Crippen LogP contribution in [0.1, 0.15) is 66.4 Å². The Morgan fingerprint density at radius 2 is 1.74 bits per heavy atom. The van der Waals surface area contributed by atoms with Crippen LogP contribution in [0.3, 0.4) is 0 Å². The minimum Gasteiger partial charge on any atom is -0.393 e. The fourth-order valence-corrected chi connectivity index (χ4v) is 6.98. The van der Waals surface area contributed by atoms with Gasteiger partial charge in [-0.3, -0.25) is 14.4 Å². The number of carbonyl (C=O) groups is 3. The molecule has 2 aliphatic rings. The summed E-state index contributed by atoms with van der Waals surface area (Å²) in [6.07, 6.45) is 5.06. The van der Waals surface area contributed by atoms with Crippen molar-refractivity contribution in [2.24, 2.45) is 17.6 Å². The topological polar surface area (TPSA) is 188 Å². The van der Waals surface area contributed by atoms with Gasteiger partial charge in [0.05, 0.1) is 11.7 Å². The van der Waals surface area contributed by atoms with E-state index < -0.39 is 17.8 Å². The highest BCUT2D eigenvalue weighted by Crippen LogP contribution is 2.29. The molecule has 13 heteroatoms. The van der Waals surface area contributed by atoms with Crippen LogP contribution in [0.25, 0.3) is 22.5 Å². The molecule has 0 bridgehead atoms. The van der Waals surface area contributed by atoms with Crippen LogP contribution in [0.2, 0.25) is 0 Å². The summed E-state index contributed by atoms with van der Waals surface area (Å²) >= 11 is 0. The maximum absolute atomic E-state index is 14.9. The fraction of sp³-hybridized carbons (Fsp3) is 0.405. The van der Waals surface area contributed by atoms with E-state index in [2.05, 4.69) is 36.6 Å². The number of anilines is 1. The molecule has 2 fully saturated rings. The molecule has 50 heavy (non-hydrogen) atoms. The summed E-state index contributed by atoms with van der Waals surface area (Å²) in [4.78, 5) is 39.9. The van der Waals surface area contributed by atoms with Crippen LogP contribution in [0.4, 0.5) is 10.1 Å². The van der Waals surface area contributed by atoms with Gasteiger partial charge < -0.3 is 26.8 Å². The molecule has 0 saturated heterocycles. The number of hydrogen-bond donors (Lipinski definition) is 6. The van der Waals surface area contributed by atoms with Gasteiger partial charge in [-0.25, -0.2) is 4.39 Å². The van der Waals surface area contributed by atoms with Crippen LogP contribution in [0, 0.1) is 24.6 Å². The number of nitrogens with one attached hydrogen (secondary N) is 4. The van der Waals surface area contributed by atoms with Gasteiger partial charge in [0, 0.05) is 29.6 Å². The van der Waals surface area contributed by atoms with Crippen LogP contribution < -0.4 is 21.7 Å². The van der Waals surface area contributed by atoms with E-state index >= 15 is 0 Å². The molecule has 3 amide bonds. The van der Waals surface area contributed by atoms with E-state index in [9.17, 15) is 23.9 Å². The standard InChI is InChI=1S/C37H43FN8O4/c1-21-16-26(36(49)40-27-11-13-29(47)18-27)10-14-30(21)24-6-2-22(3-7-24)17-33(42-35(48)25-8-4-23(20-39)5-9-25)37(50)41-28-12-15-31(32(38)19-28)34-43-45-46-44-34/h2-3,6-7,10,12,14-16,19,23,25,27,29,33,47H,4-5,8-9,11,13,17-18,20,39H2,1H3,(H,40,49)(H,41,50)(H,42,48)(H,43,44,45,46)/t23?,25?,27?,29?,33-/m0/s1. The number of H-pyrrole nitrogens is 1. The molecule has 2 aliphatic carbocycles. The quantitative estimate of drug-likeness (QED) is 0.137. The Labute approximate surface area is 289 Å². The van der Waals surface area contributed by atoms with Crippen molar-refractivity contribution in [1.82, 2.24) is 31.3 Å². The van der Waals surface area contributed by atoms with E-state index in [1.807, 2.05) is 43.3 Å². The number of halogens is 1. The Balaban J connectivity index is 1.15. The molecule has 1 aromatic heterocycles. The van der Waals surface area contributed by atoms with Crippen molar-refractivity contribution < 1.29 is 23.9 Å². The lowest BCUT2D eigenvalue weighted by atomic mass is 9.81. The van der Waals surface area contributed by atoms with E-state index in [-0.39, 0.29) is 53.4 Å². The van der Waals surface area contributed by atoms with Gasteiger partial charge in [0.25, 0.3) is 5.91 Å². The third kappa shape index (κ3) is 8.40. The molecule has 0 aliphatic heterocycles. The molecule has 2 saturated carbocycles. The molecule has 0 spiro atoms. The van der Waals surface area contributed by atoms with Crippen molar-refractivity contribution in [3.63, 3.8) is 0 Å². The Morgan fingerprint density at radius 3 is 2.38 bits per heavy atom. The van der Waals surface area contributed by atoms with Gasteiger partial charge in [0.2, 0.25) is 17.6 Å². The minimum atomic E-state index is -0.916. The molecule has 6 rings (SSSR count). The summed E-state index contributed by atoms with van der Waals surface area (Å²) in [5.74, 6) is -1.14. The first-order valence-electron chi connectivity index (χ1n) is 17.2. The number of benzene rings is 3. The predicted molar refractivity (Wildman–Crippen MR) is 186 cm³/mol. The molecule has 1 heterocycles. The first kappa shape index (κ1) is 34.8. The molecule has 12 nitrogen and oxygen atoms in total. The molecular formula is C37H43FN8O4. The molecule has 262 valence electrons. The Morgan fingerprint density at radius 1 is 0.980 bits per heavy atom. The van der Waals surface area contributed by atoms with E-state index in [1.165, 1.54) is 12.1 Å². The first-order valence-corrected chi connectivity index (χ1v) is 17.2. The highest BCUT2D eigenvalue weighted by atomic mass is 19.1. The van der Waals surface area contributed by atoms with Crippen LogP contribution in [-0.2, 0) is 16.0 Å². The maximum atomic E-state index is 14.9. The Bertz CT molecular complexity index is 1810. The highest BCUT2D eigenvalue weighted by Gasteiger charge is 2.30. The van der Waals surface area contributed by atoms with Crippen molar-refractivity contribution in [2.45, 2.75) is 76.5 Å². The molecule has 3 aromatic carbocycles. The van der Waals surface area contributed by atoms with Gasteiger partial charge in [-0.2, -0.15) is 5.21 Å². The van der Waals surface area contributed by atoms with Crippen LogP contribution in [-0.4, -0.2) is 68.2 Å². The fourth-order valence-electron chi connectivity index (χ4n) is 6.98. The lowest BCUT2D eigenvalue weighted by Gasteiger charge is -2.28. The number of aliphatic hydroxyl groups excluding tert-OH is 1. The Hall–Kier alpha value is -5.01. The monoisotopic (exact) mass is 682 g/mol. The van der Waals surface area contributed by atoms with E-state index in [4.69, 9.17) is 5.73 Å². The highest BCUT2D eigenvalue weighted by molar-refractivity contribution is 5.98. The van der Waals surface area contributed by atoms with Crippen molar-refractivity contribution in [3.05, 3.63) is 83.2 Å². The van der Waals surface area contributed by atoms with Gasteiger partial charge >= 0.3 is 0 Å². The van der Waals surface area contributed by atoms with E-state index in [0.29, 0.717) is 43.7 Å². The average Bonchev–Trinajstić information content (AvgIpc) is 3.80. The smallest absolute Gasteiger partial charge is 0.251 e. The second-order valence-corrected chi connectivity index (χ2v) is 13.5. The number of amides is 3. The number of carbonyl (C=O) groups excluding carboxylic acids is 3. The van der Waals surface area contributed by atoms with E-state index in [0.717, 1.165) is 41.5 Å². The number of nitrogens with zero attached hydrogens (tertiary/aromatic N) is 3. The second kappa shape index (κ2) is 15.7. The predicted octanol–water partition coefficient (Wildman–Crippen LogP) is 4.06. The third-order valence-electron chi connectivity index (χ3n) is 9.94. The third-order valence-corrected chi connectivity index (χ3v) is 9.94. The summed E-state index contributed by atoms with van der Waals surface area (Å²) in [6.45, 7) is 2.55. The number of aliphatic hydroxyl groups is 1. The summed E-state index contributed by atoms with van der Waals surface area (Å²) in [5.41, 5.74) is 10.4. The molecule has 4 aromatic rings. The Kier molecular flexibility index (Phi) is 10.9.